The zero-order chi connectivity index (χ0) is 18.0. The molecule has 1 heterocycles. The third-order valence-electron chi connectivity index (χ3n) is 5.62. The first-order chi connectivity index (χ1) is 12.0. The van der Waals surface area contributed by atoms with Crippen molar-refractivity contribution >= 4 is 17.7 Å². The molecule has 3 rings (SSSR count). The molecule has 1 saturated heterocycles. The van der Waals surface area contributed by atoms with Crippen molar-refractivity contribution in [3.63, 3.8) is 0 Å². The van der Waals surface area contributed by atoms with Gasteiger partial charge in [-0.3, -0.25) is 14.5 Å². The molecule has 1 aliphatic carbocycles. The number of rotatable bonds is 5. The van der Waals surface area contributed by atoms with Gasteiger partial charge in [0.25, 0.3) is 5.91 Å². The predicted molar refractivity (Wildman–Crippen MR) is 95.4 cm³/mol. The lowest BCUT2D eigenvalue weighted by Crippen LogP contribution is -2.54. The van der Waals surface area contributed by atoms with E-state index < -0.39 is 11.6 Å². The molecule has 1 N–H and O–H groups in total. The lowest BCUT2D eigenvalue weighted by atomic mass is 9.73. The molecule has 1 aromatic carbocycles. The first-order valence-electron chi connectivity index (χ1n) is 9.24. The van der Waals surface area contributed by atoms with Gasteiger partial charge in [0.15, 0.2) is 5.78 Å². The Labute approximate surface area is 148 Å². The van der Waals surface area contributed by atoms with Crippen LogP contribution < -0.4 is 5.32 Å². The first-order valence-corrected chi connectivity index (χ1v) is 9.24. The van der Waals surface area contributed by atoms with Gasteiger partial charge in [-0.1, -0.05) is 57.4 Å². The fraction of sp³-hybridized carbons (Fsp3) is 0.550. The van der Waals surface area contributed by atoms with Gasteiger partial charge in [-0.15, -0.1) is 0 Å². The van der Waals surface area contributed by atoms with Gasteiger partial charge in [-0.2, -0.15) is 0 Å². The standard InChI is InChI=1S/C20H26N2O3/c1-3-6-15-8-10-16(11-9-15)17(23)13-22-18(24)20(21-19(22)25)12-5-4-7-14(20)2/h8-11,14H,3-7,12-13H2,1-2H3,(H,21,25)/t14-,20+/m0/s1. The van der Waals surface area contributed by atoms with E-state index in [2.05, 4.69) is 12.2 Å². The summed E-state index contributed by atoms with van der Waals surface area (Å²) in [6, 6.07) is 7.01. The number of amides is 3. The molecule has 1 aromatic rings. The molecule has 0 unspecified atom stereocenters. The summed E-state index contributed by atoms with van der Waals surface area (Å²) in [4.78, 5) is 38.9. The molecule has 3 amide bonds. The van der Waals surface area contributed by atoms with Gasteiger partial charge in [0.05, 0.1) is 6.54 Å². The fourth-order valence-electron chi connectivity index (χ4n) is 4.02. The van der Waals surface area contributed by atoms with Crippen molar-refractivity contribution in [1.29, 1.82) is 0 Å². The molecule has 2 aliphatic rings. The van der Waals surface area contributed by atoms with Gasteiger partial charge < -0.3 is 5.32 Å². The number of benzene rings is 1. The molecule has 2 fully saturated rings. The highest BCUT2D eigenvalue weighted by Crippen LogP contribution is 2.38. The van der Waals surface area contributed by atoms with Crippen LogP contribution in [0.1, 0.15) is 61.9 Å². The molecule has 1 aliphatic heterocycles. The van der Waals surface area contributed by atoms with E-state index in [9.17, 15) is 14.4 Å². The zero-order valence-electron chi connectivity index (χ0n) is 15.0. The lowest BCUT2D eigenvalue weighted by molar-refractivity contribution is -0.133. The van der Waals surface area contributed by atoms with Gasteiger partial charge in [-0.25, -0.2) is 4.79 Å². The average molecular weight is 342 g/mol. The Kier molecular flexibility index (Phi) is 4.93. The molecule has 1 spiro atoms. The van der Waals surface area contributed by atoms with Crippen LogP contribution in [0.15, 0.2) is 24.3 Å². The summed E-state index contributed by atoms with van der Waals surface area (Å²) in [7, 11) is 0. The van der Waals surface area contributed by atoms with Crippen LogP contribution in [0, 0.1) is 5.92 Å². The highest BCUT2D eigenvalue weighted by atomic mass is 16.2. The van der Waals surface area contributed by atoms with Crippen molar-refractivity contribution in [3.05, 3.63) is 35.4 Å². The summed E-state index contributed by atoms with van der Waals surface area (Å²) in [5.41, 5.74) is 0.919. The van der Waals surface area contributed by atoms with E-state index in [1.54, 1.807) is 12.1 Å². The highest BCUT2D eigenvalue weighted by molar-refractivity contribution is 6.11. The SMILES string of the molecule is CCCc1ccc(C(=O)CN2C(=O)N[C@@]3(CCCC[C@@H]3C)C2=O)cc1. The van der Waals surface area contributed by atoms with Crippen molar-refractivity contribution < 1.29 is 14.4 Å². The molecule has 5 nitrogen and oxygen atoms in total. The number of ketones is 1. The van der Waals surface area contributed by atoms with Gasteiger partial charge in [0.2, 0.25) is 0 Å². The van der Waals surface area contributed by atoms with E-state index >= 15 is 0 Å². The van der Waals surface area contributed by atoms with E-state index in [0.29, 0.717) is 12.0 Å². The number of aryl methyl sites for hydroxylation is 1. The van der Waals surface area contributed by atoms with Crippen LogP contribution in [-0.4, -0.2) is 34.7 Å². The number of carbonyl (C=O) groups excluding carboxylic acids is 3. The molecule has 5 heteroatoms. The lowest BCUT2D eigenvalue weighted by Gasteiger charge is -2.36. The molecule has 134 valence electrons. The number of urea groups is 1. The van der Waals surface area contributed by atoms with Crippen LogP contribution in [0.3, 0.4) is 0 Å². The van der Waals surface area contributed by atoms with Crippen molar-refractivity contribution in [3.8, 4) is 0 Å². The topological polar surface area (TPSA) is 66.5 Å². The Hall–Kier alpha value is -2.17. The summed E-state index contributed by atoms with van der Waals surface area (Å²) >= 11 is 0. The third-order valence-corrected chi connectivity index (χ3v) is 5.62. The second-order valence-corrected chi connectivity index (χ2v) is 7.31. The summed E-state index contributed by atoms with van der Waals surface area (Å²) in [6.45, 7) is 3.93. The van der Waals surface area contributed by atoms with Crippen LogP contribution in [-0.2, 0) is 11.2 Å². The van der Waals surface area contributed by atoms with Crippen LogP contribution in [0.4, 0.5) is 4.79 Å². The number of imide groups is 1. The van der Waals surface area contributed by atoms with Gasteiger partial charge in [0.1, 0.15) is 5.54 Å². The average Bonchev–Trinajstić information content (AvgIpc) is 2.83. The Morgan fingerprint density at radius 2 is 1.96 bits per heavy atom. The Bertz CT molecular complexity index is 683. The van der Waals surface area contributed by atoms with E-state index in [1.165, 1.54) is 5.56 Å². The van der Waals surface area contributed by atoms with Crippen LogP contribution in [0.2, 0.25) is 0 Å². The molecule has 2 atom stereocenters. The van der Waals surface area contributed by atoms with Gasteiger partial charge in [0, 0.05) is 5.56 Å². The van der Waals surface area contributed by atoms with Crippen molar-refractivity contribution in [2.45, 2.75) is 57.9 Å². The van der Waals surface area contributed by atoms with Crippen LogP contribution in [0.25, 0.3) is 0 Å². The molecular formula is C20H26N2O3. The number of carbonyl (C=O) groups is 3. The van der Waals surface area contributed by atoms with E-state index in [-0.39, 0.29) is 24.2 Å². The van der Waals surface area contributed by atoms with E-state index in [1.807, 2.05) is 19.1 Å². The minimum atomic E-state index is -0.805. The number of hydrogen-bond acceptors (Lipinski definition) is 3. The molecule has 0 radical (unpaired) electrons. The molecule has 1 saturated carbocycles. The molecular weight excluding hydrogens is 316 g/mol. The largest absolute Gasteiger partial charge is 0.325 e. The minimum Gasteiger partial charge on any atom is -0.323 e. The molecule has 25 heavy (non-hydrogen) atoms. The van der Waals surface area contributed by atoms with Crippen molar-refractivity contribution in [2.75, 3.05) is 6.54 Å². The maximum Gasteiger partial charge on any atom is 0.325 e. The van der Waals surface area contributed by atoms with Crippen molar-refractivity contribution in [1.82, 2.24) is 10.2 Å². The van der Waals surface area contributed by atoms with Crippen LogP contribution >= 0.6 is 0 Å². The second kappa shape index (κ2) is 6.98. The summed E-state index contributed by atoms with van der Waals surface area (Å²) in [5.74, 6) is -0.334. The predicted octanol–water partition coefficient (Wildman–Crippen LogP) is 3.32. The summed E-state index contributed by atoms with van der Waals surface area (Å²) < 4.78 is 0. The second-order valence-electron chi connectivity index (χ2n) is 7.31. The maximum atomic E-state index is 12.9. The summed E-state index contributed by atoms with van der Waals surface area (Å²) in [6.07, 6.45) is 5.62. The summed E-state index contributed by atoms with van der Waals surface area (Å²) in [5, 5.41) is 2.89. The quantitative estimate of drug-likeness (QED) is 0.659. The highest BCUT2D eigenvalue weighted by Gasteiger charge is 2.55. The first kappa shape index (κ1) is 17.6. The number of nitrogens with zero attached hydrogens (tertiary/aromatic N) is 1. The van der Waals surface area contributed by atoms with Crippen LogP contribution in [0.5, 0.6) is 0 Å². The normalized spacial score (nSPS) is 26.2. The van der Waals surface area contributed by atoms with Crippen molar-refractivity contribution in [2.24, 2.45) is 5.92 Å². The Morgan fingerprint density at radius 3 is 2.60 bits per heavy atom. The third kappa shape index (κ3) is 3.20. The molecule has 0 bridgehead atoms. The van der Waals surface area contributed by atoms with E-state index in [4.69, 9.17) is 0 Å². The van der Waals surface area contributed by atoms with Gasteiger partial charge in [-0.05, 0) is 30.7 Å². The number of nitrogens with one attached hydrogen (secondary N) is 1. The molecule has 0 aromatic heterocycles. The zero-order valence-corrected chi connectivity index (χ0v) is 15.0. The maximum absolute atomic E-state index is 12.9. The monoisotopic (exact) mass is 342 g/mol. The Balaban J connectivity index is 1.72. The number of hydrogen-bond donors (Lipinski definition) is 1. The van der Waals surface area contributed by atoms with Gasteiger partial charge >= 0.3 is 6.03 Å². The van der Waals surface area contributed by atoms with E-state index in [0.717, 1.165) is 37.0 Å². The fourth-order valence-corrected chi connectivity index (χ4v) is 4.02. The smallest absolute Gasteiger partial charge is 0.323 e. The Morgan fingerprint density at radius 1 is 1.24 bits per heavy atom. The number of Topliss-reactive ketones (excluding diaryl/α,β-unsaturated/α-hetero) is 1. The minimum absolute atomic E-state index is 0.103.